The van der Waals surface area contributed by atoms with Gasteiger partial charge in [0.1, 0.15) is 0 Å². The molecule has 2 nitrogen and oxygen atoms in total. The Morgan fingerprint density at radius 2 is 1.58 bits per heavy atom. The Hall–Kier alpha value is -0.860. The van der Waals surface area contributed by atoms with E-state index in [1.165, 1.54) is 35.1 Å². The molecular weight excluding hydrogens is 232 g/mol. The maximum Gasteiger partial charge on any atom is 0.0352 e. The van der Waals surface area contributed by atoms with E-state index in [1.54, 1.807) is 5.56 Å². The van der Waals surface area contributed by atoms with Crippen molar-refractivity contribution in [3.05, 3.63) is 33.9 Å². The Labute approximate surface area is 118 Å². The Morgan fingerprint density at radius 3 is 2.05 bits per heavy atom. The molecule has 2 rings (SSSR count). The number of benzene rings is 1. The van der Waals surface area contributed by atoms with Gasteiger partial charge < -0.3 is 10.6 Å². The highest BCUT2D eigenvalue weighted by atomic mass is 14.9. The number of hydrogen-bond acceptors (Lipinski definition) is 2. The van der Waals surface area contributed by atoms with Gasteiger partial charge in [-0.05, 0) is 94.4 Å². The molecule has 0 amide bonds. The quantitative estimate of drug-likeness (QED) is 0.872. The summed E-state index contributed by atoms with van der Waals surface area (Å²) in [5.41, 5.74) is 7.34. The van der Waals surface area contributed by atoms with Crippen LogP contribution < -0.4 is 10.6 Å². The van der Waals surface area contributed by atoms with E-state index in [-0.39, 0.29) is 0 Å². The molecule has 1 unspecified atom stereocenters. The van der Waals surface area contributed by atoms with Crippen LogP contribution in [0.4, 0.5) is 0 Å². The molecule has 0 bridgehead atoms. The maximum atomic E-state index is 3.60. The molecule has 0 saturated carbocycles. The van der Waals surface area contributed by atoms with Gasteiger partial charge in [-0.25, -0.2) is 0 Å². The molecule has 1 aliphatic heterocycles. The SMILES string of the molecule is CNC(c1c(C)c(C)cc(C)c1C)C1CCNCC1. The molecule has 1 saturated heterocycles. The fraction of sp³-hybridized carbons (Fsp3) is 0.647. The molecule has 1 atom stereocenters. The highest BCUT2D eigenvalue weighted by molar-refractivity contribution is 5.46. The first kappa shape index (κ1) is 14.5. The van der Waals surface area contributed by atoms with Gasteiger partial charge in [-0.2, -0.15) is 0 Å². The first-order valence-corrected chi connectivity index (χ1v) is 7.51. The van der Waals surface area contributed by atoms with Crippen LogP contribution in [0.2, 0.25) is 0 Å². The second kappa shape index (κ2) is 6.06. The van der Waals surface area contributed by atoms with Crippen LogP contribution in [0.1, 0.15) is 46.7 Å². The molecule has 1 heterocycles. The summed E-state index contributed by atoms with van der Waals surface area (Å²) in [4.78, 5) is 0. The molecule has 1 aromatic carbocycles. The van der Waals surface area contributed by atoms with Crippen molar-refractivity contribution in [2.75, 3.05) is 20.1 Å². The van der Waals surface area contributed by atoms with Gasteiger partial charge in [0, 0.05) is 6.04 Å². The van der Waals surface area contributed by atoms with Crippen molar-refractivity contribution >= 4 is 0 Å². The van der Waals surface area contributed by atoms with E-state index in [1.807, 2.05) is 0 Å². The molecule has 0 aromatic heterocycles. The highest BCUT2D eigenvalue weighted by Crippen LogP contribution is 2.34. The molecule has 0 radical (unpaired) electrons. The van der Waals surface area contributed by atoms with Crippen molar-refractivity contribution in [2.24, 2.45) is 5.92 Å². The van der Waals surface area contributed by atoms with Crippen molar-refractivity contribution in [1.29, 1.82) is 0 Å². The van der Waals surface area contributed by atoms with Crippen molar-refractivity contribution < 1.29 is 0 Å². The number of piperidine rings is 1. The first-order valence-electron chi connectivity index (χ1n) is 7.51. The molecule has 1 aromatic rings. The zero-order chi connectivity index (χ0) is 14.0. The lowest BCUT2D eigenvalue weighted by atomic mass is 9.80. The molecule has 2 heteroatoms. The minimum absolute atomic E-state index is 0.501. The normalized spacial score (nSPS) is 18.6. The van der Waals surface area contributed by atoms with Crippen LogP contribution in [-0.4, -0.2) is 20.1 Å². The summed E-state index contributed by atoms with van der Waals surface area (Å²) < 4.78 is 0. The second-order valence-electron chi connectivity index (χ2n) is 6.03. The van der Waals surface area contributed by atoms with E-state index >= 15 is 0 Å². The third-order valence-electron chi connectivity index (χ3n) is 4.90. The van der Waals surface area contributed by atoms with Crippen molar-refractivity contribution in [2.45, 2.75) is 46.6 Å². The van der Waals surface area contributed by atoms with Gasteiger partial charge in [-0.3, -0.25) is 0 Å². The summed E-state index contributed by atoms with van der Waals surface area (Å²) >= 11 is 0. The molecule has 19 heavy (non-hydrogen) atoms. The van der Waals surface area contributed by atoms with E-state index in [9.17, 15) is 0 Å². The van der Waals surface area contributed by atoms with Crippen molar-refractivity contribution in [1.82, 2.24) is 10.6 Å². The fourth-order valence-electron chi connectivity index (χ4n) is 3.51. The van der Waals surface area contributed by atoms with E-state index < -0.39 is 0 Å². The molecule has 0 spiro atoms. The Kier molecular flexibility index (Phi) is 4.64. The van der Waals surface area contributed by atoms with Gasteiger partial charge in [-0.1, -0.05) is 6.07 Å². The fourth-order valence-corrected chi connectivity index (χ4v) is 3.51. The van der Waals surface area contributed by atoms with Crippen LogP contribution in [0.5, 0.6) is 0 Å². The molecule has 106 valence electrons. The van der Waals surface area contributed by atoms with Gasteiger partial charge in [0.05, 0.1) is 0 Å². The first-order chi connectivity index (χ1) is 9.06. The van der Waals surface area contributed by atoms with E-state index in [4.69, 9.17) is 0 Å². The monoisotopic (exact) mass is 260 g/mol. The summed E-state index contributed by atoms with van der Waals surface area (Å²) in [6, 6.07) is 2.82. The summed E-state index contributed by atoms with van der Waals surface area (Å²) in [6.45, 7) is 11.4. The molecule has 2 N–H and O–H groups in total. The van der Waals surface area contributed by atoms with Crippen LogP contribution in [0, 0.1) is 33.6 Å². The smallest absolute Gasteiger partial charge is 0.0352 e. The van der Waals surface area contributed by atoms with Crippen molar-refractivity contribution in [3.8, 4) is 0 Å². The minimum Gasteiger partial charge on any atom is -0.317 e. The summed E-state index contributed by atoms with van der Waals surface area (Å²) in [7, 11) is 2.11. The molecule has 0 aliphatic carbocycles. The van der Waals surface area contributed by atoms with E-state index in [2.05, 4.69) is 51.4 Å². The number of aryl methyl sites for hydroxylation is 2. The topological polar surface area (TPSA) is 24.1 Å². The Bertz CT molecular complexity index is 419. The van der Waals surface area contributed by atoms with Gasteiger partial charge in [-0.15, -0.1) is 0 Å². The number of hydrogen-bond donors (Lipinski definition) is 2. The largest absolute Gasteiger partial charge is 0.317 e. The Balaban J connectivity index is 2.42. The maximum absolute atomic E-state index is 3.60. The summed E-state index contributed by atoms with van der Waals surface area (Å²) in [5.74, 6) is 0.754. The third kappa shape index (κ3) is 2.85. The van der Waals surface area contributed by atoms with Crippen LogP contribution in [0.15, 0.2) is 6.07 Å². The second-order valence-corrected chi connectivity index (χ2v) is 6.03. The minimum atomic E-state index is 0.501. The molecule has 1 aliphatic rings. The van der Waals surface area contributed by atoms with Crippen LogP contribution in [0.3, 0.4) is 0 Å². The average Bonchev–Trinajstić information content (AvgIpc) is 2.42. The molecule has 1 fully saturated rings. The zero-order valence-corrected chi connectivity index (χ0v) is 13.1. The number of rotatable bonds is 3. The lowest BCUT2D eigenvalue weighted by molar-refractivity contribution is 0.292. The lowest BCUT2D eigenvalue weighted by Crippen LogP contribution is -2.36. The van der Waals surface area contributed by atoms with Gasteiger partial charge >= 0.3 is 0 Å². The highest BCUT2D eigenvalue weighted by Gasteiger charge is 2.26. The number of nitrogens with one attached hydrogen (secondary N) is 2. The predicted octanol–water partition coefficient (Wildman–Crippen LogP) is 3.18. The van der Waals surface area contributed by atoms with E-state index in [0.717, 1.165) is 19.0 Å². The summed E-state index contributed by atoms with van der Waals surface area (Å²) in [6.07, 6.45) is 2.55. The zero-order valence-electron chi connectivity index (χ0n) is 13.1. The van der Waals surface area contributed by atoms with Gasteiger partial charge in [0.15, 0.2) is 0 Å². The van der Waals surface area contributed by atoms with Gasteiger partial charge in [0.25, 0.3) is 0 Å². The average molecular weight is 260 g/mol. The van der Waals surface area contributed by atoms with Crippen molar-refractivity contribution in [3.63, 3.8) is 0 Å². The van der Waals surface area contributed by atoms with Crippen LogP contribution in [-0.2, 0) is 0 Å². The van der Waals surface area contributed by atoms with Gasteiger partial charge in [0.2, 0.25) is 0 Å². The van der Waals surface area contributed by atoms with E-state index in [0.29, 0.717) is 6.04 Å². The third-order valence-corrected chi connectivity index (χ3v) is 4.90. The predicted molar refractivity (Wildman–Crippen MR) is 82.8 cm³/mol. The van der Waals surface area contributed by atoms with Crippen LogP contribution in [0.25, 0.3) is 0 Å². The van der Waals surface area contributed by atoms with Crippen LogP contribution >= 0.6 is 0 Å². The molecular formula is C17H28N2. The Morgan fingerprint density at radius 1 is 1.05 bits per heavy atom. The standard InChI is InChI=1S/C17H28N2/c1-11-10-12(2)14(4)16(13(11)3)17(18-5)15-6-8-19-9-7-15/h10,15,17-19H,6-9H2,1-5H3. The lowest BCUT2D eigenvalue weighted by Gasteiger charge is -2.33. The summed E-state index contributed by atoms with van der Waals surface area (Å²) in [5, 5.41) is 7.07.